The molecule has 0 saturated carbocycles. The first-order valence-corrected chi connectivity index (χ1v) is 19.5. The van der Waals surface area contributed by atoms with Crippen LogP contribution >= 0.6 is 0 Å². The maximum absolute atomic E-state index is 11.7. The Morgan fingerprint density at radius 3 is 2.06 bits per heavy atom. The Morgan fingerprint density at radius 2 is 1.46 bits per heavy atom. The van der Waals surface area contributed by atoms with Crippen molar-refractivity contribution in [2.24, 2.45) is 11.8 Å². The molecule has 3 aromatic carbocycles. The van der Waals surface area contributed by atoms with Gasteiger partial charge in [-0.2, -0.15) is 0 Å². The van der Waals surface area contributed by atoms with Crippen molar-refractivity contribution in [1.82, 2.24) is 4.98 Å². The Kier molecular flexibility index (Phi) is 14.9. The summed E-state index contributed by atoms with van der Waals surface area (Å²) in [6, 6.07) is 24.0. The Balaban J connectivity index is 0.000000389. The summed E-state index contributed by atoms with van der Waals surface area (Å²) in [4.78, 5) is 16.6. The number of aromatic nitrogens is 1. The zero-order chi connectivity index (χ0) is 37.7. The summed E-state index contributed by atoms with van der Waals surface area (Å²) >= 11 is 0. The van der Waals surface area contributed by atoms with Crippen molar-refractivity contribution in [1.29, 1.82) is 0 Å². The molecule has 0 amide bonds. The number of hydrogen-bond donors (Lipinski definition) is 1. The number of aliphatic hydroxyl groups is 1. The number of allylic oxidation sites excluding steroid dienone is 2. The van der Waals surface area contributed by atoms with Gasteiger partial charge in [-0.25, -0.2) is 0 Å². The van der Waals surface area contributed by atoms with Crippen LogP contribution in [0.2, 0.25) is 0 Å². The number of carbonyl (C=O) groups is 1. The molecule has 5 rings (SSSR count). The zero-order valence-corrected chi connectivity index (χ0v) is 36.5. The topological polar surface area (TPSA) is 50.2 Å². The summed E-state index contributed by atoms with van der Waals surface area (Å²) in [5, 5.41) is 12.2. The van der Waals surface area contributed by atoms with E-state index in [0.717, 1.165) is 42.3 Å². The predicted molar refractivity (Wildman–Crippen MR) is 219 cm³/mol. The standard InChI is InChI=1S/C35H40N.C13H24O2.Ir/c1-23-22-36-32(26-18-24-12-9-10-13-27(24)30(20-26)33(2,3)4)21-28(23)25-14-15-29-31(19-25)35(7,8)17-11-16-34(29,5)6;1-5-10(6-2)12(14)9-13(15)11(7-3)8-4;/h9-10,12-15,19-22H,11,16-17H2,1-8H3;9-11,14H,5-8H2,1-4H3;/q-1;;/b;12-9-;. The normalized spacial score (nSPS) is 15.4. The van der Waals surface area contributed by atoms with Gasteiger partial charge in [0.15, 0.2) is 5.78 Å². The maximum atomic E-state index is 11.7. The summed E-state index contributed by atoms with van der Waals surface area (Å²) in [5.74, 6) is 0.547. The molecule has 0 aliphatic heterocycles. The van der Waals surface area contributed by atoms with E-state index in [2.05, 4.69) is 116 Å². The van der Waals surface area contributed by atoms with Crippen LogP contribution in [0.15, 0.2) is 72.6 Å². The van der Waals surface area contributed by atoms with Crippen LogP contribution < -0.4 is 0 Å². The van der Waals surface area contributed by atoms with Crippen LogP contribution in [0.25, 0.3) is 33.2 Å². The number of aliphatic hydroxyl groups excluding tert-OH is 1. The molecule has 0 bridgehead atoms. The Morgan fingerprint density at radius 1 is 0.865 bits per heavy atom. The molecule has 3 nitrogen and oxygen atoms in total. The molecule has 283 valence electrons. The smallest absolute Gasteiger partial charge is 0.162 e. The summed E-state index contributed by atoms with van der Waals surface area (Å²) < 4.78 is 0. The second-order valence-electron chi connectivity index (χ2n) is 17.2. The fourth-order valence-electron chi connectivity index (χ4n) is 7.85. The van der Waals surface area contributed by atoms with Crippen LogP contribution in [-0.4, -0.2) is 15.9 Å². The maximum Gasteiger partial charge on any atom is 0.162 e. The monoisotopic (exact) mass is 879 g/mol. The molecule has 52 heavy (non-hydrogen) atoms. The number of hydrogen-bond acceptors (Lipinski definition) is 3. The van der Waals surface area contributed by atoms with Gasteiger partial charge in [0.25, 0.3) is 0 Å². The van der Waals surface area contributed by atoms with E-state index in [9.17, 15) is 9.90 Å². The summed E-state index contributed by atoms with van der Waals surface area (Å²) in [6.07, 6.45) is 10.7. The first-order chi connectivity index (χ1) is 24.0. The minimum Gasteiger partial charge on any atom is -0.512 e. The average molecular weight is 879 g/mol. The molecule has 0 fully saturated rings. The Hall–Kier alpha value is -3.07. The molecule has 4 aromatic rings. The van der Waals surface area contributed by atoms with E-state index in [1.807, 2.05) is 33.9 Å². The molecule has 0 saturated heterocycles. The van der Waals surface area contributed by atoms with Gasteiger partial charge in [0.05, 0.1) is 5.76 Å². The van der Waals surface area contributed by atoms with E-state index in [1.54, 1.807) is 0 Å². The van der Waals surface area contributed by atoms with E-state index < -0.39 is 0 Å². The minimum atomic E-state index is 0. The SMILES string of the molecule is CCC(CC)C(=O)/C=C(\O)C(CC)CC.Cc1cnc(-c2[c-]c3ccccc3c(C(C)(C)C)c2)cc1-c1ccc2c(c1)C(C)(C)CCCC2(C)C.[Ir]. The number of benzene rings is 3. The molecule has 1 aliphatic rings. The zero-order valence-electron chi connectivity index (χ0n) is 34.1. The van der Waals surface area contributed by atoms with Gasteiger partial charge in [-0.05, 0) is 89.5 Å². The third-order valence-electron chi connectivity index (χ3n) is 11.4. The van der Waals surface area contributed by atoms with Crippen LogP contribution in [0.3, 0.4) is 0 Å². The first-order valence-electron chi connectivity index (χ1n) is 19.5. The molecule has 1 aliphatic carbocycles. The van der Waals surface area contributed by atoms with Gasteiger partial charge in [0.1, 0.15) is 0 Å². The third kappa shape index (κ3) is 9.91. The summed E-state index contributed by atoms with van der Waals surface area (Å²) in [7, 11) is 0. The molecule has 0 spiro atoms. The van der Waals surface area contributed by atoms with E-state index in [4.69, 9.17) is 4.98 Å². The van der Waals surface area contributed by atoms with Gasteiger partial charge < -0.3 is 5.11 Å². The largest absolute Gasteiger partial charge is 0.512 e. The number of rotatable bonds is 9. The van der Waals surface area contributed by atoms with E-state index in [0.29, 0.717) is 0 Å². The number of aryl methyl sites for hydroxylation is 1. The van der Waals surface area contributed by atoms with Crippen molar-refractivity contribution in [3.63, 3.8) is 0 Å². The van der Waals surface area contributed by atoms with Crippen LogP contribution in [0.1, 0.15) is 143 Å². The molecule has 1 N–H and O–H groups in total. The second kappa shape index (κ2) is 17.8. The van der Waals surface area contributed by atoms with Crippen LogP contribution in [0.5, 0.6) is 0 Å². The molecular formula is C48H64IrNO2-. The van der Waals surface area contributed by atoms with Crippen LogP contribution in [-0.2, 0) is 41.1 Å². The van der Waals surface area contributed by atoms with Gasteiger partial charge in [0, 0.05) is 49.9 Å². The number of carbonyl (C=O) groups excluding carboxylic acids is 1. The van der Waals surface area contributed by atoms with E-state index in [-0.39, 0.29) is 59.7 Å². The van der Waals surface area contributed by atoms with Crippen molar-refractivity contribution >= 4 is 16.6 Å². The van der Waals surface area contributed by atoms with Crippen molar-refractivity contribution in [2.45, 2.75) is 144 Å². The molecule has 1 heterocycles. The fraction of sp³-hybridized carbons (Fsp3) is 0.500. The number of pyridine rings is 1. The summed E-state index contributed by atoms with van der Waals surface area (Å²) in [6.45, 7) is 26.7. The van der Waals surface area contributed by atoms with E-state index in [1.165, 1.54) is 64.1 Å². The van der Waals surface area contributed by atoms with E-state index >= 15 is 0 Å². The first kappa shape index (κ1) is 43.3. The molecule has 0 unspecified atom stereocenters. The quantitative estimate of drug-likeness (QED) is 0.0789. The summed E-state index contributed by atoms with van der Waals surface area (Å²) in [5.41, 5.74) is 10.6. The molecular weight excluding hydrogens is 815 g/mol. The van der Waals surface area contributed by atoms with Gasteiger partial charge in [0.2, 0.25) is 0 Å². The Labute approximate surface area is 329 Å². The van der Waals surface area contributed by atoms with Crippen LogP contribution in [0, 0.1) is 24.8 Å². The number of nitrogens with zero attached hydrogens (tertiary/aromatic N) is 1. The second-order valence-corrected chi connectivity index (χ2v) is 17.2. The van der Waals surface area contributed by atoms with Crippen molar-refractivity contribution in [2.75, 3.05) is 0 Å². The Bertz CT molecular complexity index is 1850. The molecule has 0 atom stereocenters. The van der Waals surface area contributed by atoms with Crippen LogP contribution in [0.4, 0.5) is 0 Å². The van der Waals surface area contributed by atoms with Crippen molar-refractivity contribution in [3.05, 3.63) is 101 Å². The molecule has 1 aromatic heterocycles. The number of ketones is 1. The van der Waals surface area contributed by atoms with Gasteiger partial charge in [-0.1, -0.05) is 136 Å². The molecule has 1 radical (unpaired) electrons. The van der Waals surface area contributed by atoms with Crippen molar-refractivity contribution in [3.8, 4) is 22.4 Å². The molecule has 4 heteroatoms. The van der Waals surface area contributed by atoms with Gasteiger partial charge in [-0.15, -0.1) is 29.1 Å². The fourth-order valence-corrected chi connectivity index (χ4v) is 7.85. The number of fused-ring (bicyclic) bond motifs is 2. The average Bonchev–Trinajstić information content (AvgIpc) is 3.17. The third-order valence-corrected chi connectivity index (χ3v) is 11.4. The van der Waals surface area contributed by atoms with Gasteiger partial charge in [-0.3, -0.25) is 9.78 Å². The van der Waals surface area contributed by atoms with Gasteiger partial charge >= 0.3 is 0 Å². The minimum absolute atomic E-state index is 0. The predicted octanol–water partition coefficient (Wildman–Crippen LogP) is 13.6. The van der Waals surface area contributed by atoms with Crippen molar-refractivity contribution < 1.29 is 30.0 Å².